The van der Waals surface area contributed by atoms with Gasteiger partial charge >= 0.3 is 0 Å². The molecule has 2 aromatic carbocycles. The standard InChI is InChI=1S/C19H15N3O3/c23-19-18-16(13-7-4-8-15(9-13)22(24)25)10-14(11-17(18)20-21-19)12-5-2-1-3-6-12/h1-9,11,16,18H,10H2,(H,21,23). The lowest BCUT2D eigenvalue weighted by atomic mass is 9.73. The van der Waals surface area contributed by atoms with Crippen LogP contribution >= 0.6 is 0 Å². The van der Waals surface area contributed by atoms with Crippen molar-refractivity contribution in [2.45, 2.75) is 12.3 Å². The molecule has 6 heteroatoms. The predicted octanol–water partition coefficient (Wildman–Crippen LogP) is 3.27. The molecule has 2 atom stereocenters. The van der Waals surface area contributed by atoms with E-state index in [2.05, 4.69) is 10.5 Å². The van der Waals surface area contributed by atoms with Crippen molar-refractivity contribution < 1.29 is 9.72 Å². The van der Waals surface area contributed by atoms with Crippen LogP contribution in [0.5, 0.6) is 0 Å². The molecule has 1 amide bonds. The Balaban J connectivity index is 1.78. The number of hydrogen-bond acceptors (Lipinski definition) is 4. The van der Waals surface area contributed by atoms with Crippen molar-refractivity contribution in [3.63, 3.8) is 0 Å². The van der Waals surface area contributed by atoms with E-state index in [1.54, 1.807) is 12.1 Å². The van der Waals surface area contributed by atoms with Crippen molar-refractivity contribution in [2.24, 2.45) is 11.0 Å². The van der Waals surface area contributed by atoms with Gasteiger partial charge in [-0.1, -0.05) is 42.5 Å². The summed E-state index contributed by atoms with van der Waals surface area (Å²) in [4.78, 5) is 23.0. The SMILES string of the molecule is O=C1NN=C2C=C(c3ccccc3)CC(c3cccc([N+](=O)[O-])c3)C12. The van der Waals surface area contributed by atoms with Crippen LogP contribution in [0.4, 0.5) is 5.69 Å². The van der Waals surface area contributed by atoms with Crippen LogP contribution in [0.1, 0.15) is 23.5 Å². The van der Waals surface area contributed by atoms with Gasteiger partial charge in [-0.3, -0.25) is 14.9 Å². The second kappa shape index (κ2) is 5.98. The molecule has 0 fully saturated rings. The van der Waals surface area contributed by atoms with Gasteiger partial charge in [0.15, 0.2) is 0 Å². The number of nitrogens with zero attached hydrogens (tertiary/aromatic N) is 2. The van der Waals surface area contributed by atoms with E-state index in [0.29, 0.717) is 12.1 Å². The Hall–Kier alpha value is -3.28. The topological polar surface area (TPSA) is 84.6 Å². The zero-order valence-electron chi connectivity index (χ0n) is 13.3. The monoisotopic (exact) mass is 333 g/mol. The van der Waals surface area contributed by atoms with Gasteiger partial charge in [0, 0.05) is 18.1 Å². The Kier molecular flexibility index (Phi) is 3.65. The first-order valence-electron chi connectivity index (χ1n) is 8.01. The lowest BCUT2D eigenvalue weighted by Gasteiger charge is -2.28. The molecule has 124 valence electrons. The van der Waals surface area contributed by atoms with Crippen molar-refractivity contribution in [3.8, 4) is 0 Å². The molecule has 0 bridgehead atoms. The summed E-state index contributed by atoms with van der Waals surface area (Å²) < 4.78 is 0. The first-order chi connectivity index (χ1) is 12.1. The Morgan fingerprint density at radius 2 is 1.92 bits per heavy atom. The number of carbonyl (C=O) groups excluding carboxylic acids is 1. The maximum absolute atomic E-state index is 12.3. The smallest absolute Gasteiger partial charge is 0.269 e. The molecule has 0 spiro atoms. The summed E-state index contributed by atoms with van der Waals surface area (Å²) in [6, 6.07) is 16.4. The minimum Gasteiger partial charge on any atom is -0.272 e. The average molecular weight is 333 g/mol. The molecule has 1 aliphatic heterocycles. The van der Waals surface area contributed by atoms with Crippen LogP contribution in [-0.4, -0.2) is 16.5 Å². The Morgan fingerprint density at radius 3 is 2.68 bits per heavy atom. The molecule has 2 aromatic rings. The maximum atomic E-state index is 12.3. The summed E-state index contributed by atoms with van der Waals surface area (Å²) in [5.41, 5.74) is 6.18. The summed E-state index contributed by atoms with van der Waals surface area (Å²) in [6.07, 6.45) is 2.58. The molecule has 2 unspecified atom stereocenters. The summed E-state index contributed by atoms with van der Waals surface area (Å²) in [7, 11) is 0. The zero-order valence-corrected chi connectivity index (χ0v) is 13.3. The largest absolute Gasteiger partial charge is 0.272 e. The fourth-order valence-electron chi connectivity index (χ4n) is 3.53. The maximum Gasteiger partial charge on any atom is 0.269 e. The second-order valence-corrected chi connectivity index (χ2v) is 6.19. The van der Waals surface area contributed by atoms with E-state index in [1.165, 1.54) is 6.07 Å². The minimum atomic E-state index is -0.413. The van der Waals surface area contributed by atoms with Crippen LogP contribution in [0, 0.1) is 16.0 Å². The Bertz CT molecular complexity index is 919. The number of fused-ring (bicyclic) bond motifs is 1. The van der Waals surface area contributed by atoms with Crippen molar-refractivity contribution in [1.82, 2.24) is 5.43 Å². The van der Waals surface area contributed by atoms with Crippen molar-refractivity contribution >= 4 is 22.9 Å². The summed E-state index contributed by atoms with van der Waals surface area (Å²) >= 11 is 0. The number of allylic oxidation sites excluding steroid dienone is 2. The fraction of sp³-hybridized carbons (Fsp3) is 0.158. The Morgan fingerprint density at radius 1 is 1.12 bits per heavy atom. The van der Waals surface area contributed by atoms with Gasteiger partial charge in [0.2, 0.25) is 5.91 Å². The molecule has 4 rings (SSSR count). The third-order valence-corrected chi connectivity index (χ3v) is 4.71. The Labute approximate surface area is 144 Å². The van der Waals surface area contributed by atoms with Crippen LogP contribution < -0.4 is 5.43 Å². The normalized spacial score (nSPS) is 21.8. The zero-order chi connectivity index (χ0) is 17.4. The second-order valence-electron chi connectivity index (χ2n) is 6.19. The van der Waals surface area contributed by atoms with E-state index in [0.717, 1.165) is 16.7 Å². The van der Waals surface area contributed by atoms with E-state index in [1.807, 2.05) is 42.5 Å². The lowest BCUT2D eigenvalue weighted by molar-refractivity contribution is -0.384. The van der Waals surface area contributed by atoms with Crippen LogP contribution in [0.15, 0.2) is 65.8 Å². The number of carbonyl (C=O) groups is 1. The van der Waals surface area contributed by atoms with Crippen LogP contribution in [0.2, 0.25) is 0 Å². The van der Waals surface area contributed by atoms with E-state index in [9.17, 15) is 14.9 Å². The highest BCUT2D eigenvalue weighted by molar-refractivity contribution is 6.17. The molecule has 6 nitrogen and oxygen atoms in total. The number of nitrogens with one attached hydrogen (secondary N) is 1. The number of non-ortho nitro benzene ring substituents is 1. The minimum absolute atomic E-state index is 0.0326. The fourth-order valence-corrected chi connectivity index (χ4v) is 3.53. The average Bonchev–Trinajstić information content (AvgIpc) is 3.03. The third kappa shape index (κ3) is 2.71. The number of benzene rings is 2. The highest BCUT2D eigenvalue weighted by atomic mass is 16.6. The van der Waals surface area contributed by atoms with E-state index >= 15 is 0 Å². The molecule has 25 heavy (non-hydrogen) atoms. The number of rotatable bonds is 3. The summed E-state index contributed by atoms with van der Waals surface area (Å²) in [5, 5.41) is 15.3. The van der Waals surface area contributed by atoms with Gasteiger partial charge in [-0.15, -0.1) is 0 Å². The number of nitro benzene ring substituents is 1. The molecule has 1 heterocycles. The summed E-state index contributed by atoms with van der Waals surface area (Å²) in [6.45, 7) is 0. The van der Waals surface area contributed by atoms with Gasteiger partial charge in [0.1, 0.15) is 0 Å². The van der Waals surface area contributed by atoms with Gasteiger partial charge in [-0.2, -0.15) is 5.10 Å². The molecule has 0 saturated heterocycles. The number of hydrazone groups is 1. The van der Waals surface area contributed by atoms with Gasteiger partial charge in [-0.25, -0.2) is 5.43 Å². The molecule has 0 saturated carbocycles. The highest BCUT2D eigenvalue weighted by Gasteiger charge is 2.40. The molecule has 0 aromatic heterocycles. The van der Waals surface area contributed by atoms with Gasteiger partial charge in [0.25, 0.3) is 5.69 Å². The van der Waals surface area contributed by atoms with Gasteiger partial charge in [-0.05, 0) is 29.2 Å². The number of nitro groups is 1. The van der Waals surface area contributed by atoms with E-state index < -0.39 is 10.8 Å². The first kappa shape index (κ1) is 15.3. The van der Waals surface area contributed by atoms with E-state index in [4.69, 9.17) is 0 Å². The summed E-state index contributed by atoms with van der Waals surface area (Å²) in [5.74, 6) is -0.745. The highest BCUT2D eigenvalue weighted by Crippen LogP contribution is 2.42. The first-order valence-corrected chi connectivity index (χ1v) is 8.01. The molecule has 1 aliphatic carbocycles. The van der Waals surface area contributed by atoms with Crippen LogP contribution in [-0.2, 0) is 4.79 Å². The van der Waals surface area contributed by atoms with Crippen molar-refractivity contribution in [1.29, 1.82) is 0 Å². The number of hydrogen-bond donors (Lipinski definition) is 1. The van der Waals surface area contributed by atoms with Crippen molar-refractivity contribution in [2.75, 3.05) is 0 Å². The van der Waals surface area contributed by atoms with Crippen molar-refractivity contribution in [3.05, 3.63) is 81.9 Å². The third-order valence-electron chi connectivity index (χ3n) is 4.71. The molecular formula is C19H15N3O3. The quantitative estimate of drug-likeness (QED) is 0.691. The lowest BCUT2D eigenvalue weighted by Crippen LogP contribution is -2.31. The van der Waals surface area contributed by atoms with Crippen LogP contribution in [0.25, 0.3) is 5.57 Å². The molecule has 2 aliphatic rings. The number of amides is 1. The molecule has 1 N–H and O–H groups in total. The predicted molar refractivity (Wildman–Crippen MR) is 93.9 cm³/mol. The van der Waals surface area contributed by atoms with E-state index in [-0.39, 0.29) is 17.5 Å². The van der Waals surface area contributed by atoms with Crippen LogP contribution in [0.3, 0.4) is 0 Å². The van der Waals surface area contributed by atoms with Gasteiger partial charge < -0.3 is 0 Å². The molecular weight excluding hydrogens is 318 g/mol. The van der Waals surface area contributed by atoms with Gasteiger partial charge in [0.05, 0.1) is 16.6 Å². The molecule has 0 radical (unpaired) electrons.